The quantitative estimate of drug-likeness (QED) is 0.673. The minimum atomic E-state index is -0.541. The normalized spacial score (nSPS) is 11.7. The number of carbonyl (C=O) groups excluding carboxylic acids is 2. The van der Waals surface area contributed by atoms with E-state index >= 15 is 0 Å². The fourth-order valence-electron chi connectivity index (χ4n) is 3.56. The highest BCUT2D eigenvalue weighted by atomic mass is 16.5. The minimum Gasteiger partial charge on any atom is -0.483 e. The Morgan fingerprint density at radius 1 is 1.03 bits per heavy atom. The van der Waals surface area contributed by atoms with E-state index in [1.807, 2.05) is 71.9 Å². The van der Waals surface area contributed by atoms with Gasteiger partial charge in [0.15, 0.2) is 6.61 Å². The Bertz CT molecular complexity index is 892. The Morgan fingerprint density at radius 2 is 1.73 bits per heavy atom. The third kappa shape index (κ3) is 5.85. The van der Waals surface area contributed by atoms with Gasteiger partial charge in [-0.15, -0.1) is 0 Å². The lowest BCUT2D eigenvalue weighted by atomic mass is 10.1. The van der Waals surface area contributed by atoms with Crippen molar-refractivity contribution >= 4 is 11.8 Å². The van der Waals surface area contributed by atoms with E-state index in [1.54, 1.807) is 4.90 Å². The molecule has 2 rings (SSSR count). The Hall–Kier alpha value is -2.82. The molecule has 0 radical (unpaired) electrons. The van der Waals surface area contributed by atoms with Gasteiger partial charge < -0.3 is 15.0 Å². The smallest absolute Gasteiger partial charge is 0.261 e. The molecule has 30 heavy (non-hydrogen) atoms. The lowest BCUT2D eigenvalue weighted by molar-refractivity contribution is -0.142. The number of carbonyl (C=O) groups is 2. The van der Waals surface area contributed by atoms with Crippen molar-refractivity contribution < 1.29 is 14.3 Å². The number of benzene rings is 2. The third-order valence-electron chi connectivity index (χ3n) is 5.45. The molecule has 0 saturated heterocycles. The molecule has 0 aliphatic carbocycles. The van der Waals surface area contributed by atoms with E-state index in [1.165, 1.54) is 0 Å². The van der Waals surface area contributed by atoms with Crippen molar-refractivity contribution in [2.75, 3.05) is 13.2 Å². The molecule has 5 nitrogen and oxygen atoms in total. The van der Waals surface area contributed by atoms with Gasteiger partial charge in [-0.1, -0.05) is 37.3 Å². The number of hydrogen-bond acceptors (Lipinski definition) is 3. The summed E-state index contributed by atoms with van der Waals surface area (Å²) in [7, 11) is 0. The predicted octanol–water partition coefficient (Wildman–Crippen LogP) is 4.24. The van der Waals surface area contributed by atoms with Crippen molar-refractivity contribution in [3.8, 4) is 5.75 Å². The molecule has 0 unspecified atom stereocenters. The van der Waals surface area contributed by atoms with Crippen molar-refractivity contribution in [3.63, 3.8) is 0 Å². The van der Waals surface area contributed by atoms with Crippen LogP contribution in [-0.4, -0.2) is 35.9 Å². The number of nitrogens with zero attached hydrogens (tertiary/aromatic N) is 1. The molecule has 0 aliphatic rings. The molecule has 2 aromatic carbocycles. The van der Waals surface area contributed by atoms with E-state index in [-0.39, 0.29) is 18.4 Å². The van der Waals surface area contributed by atoms with Crippen LogP contribution in [0.3, 0.4) is 0 Å². The van der Waals surface area contributed by atoms with Crippen LogP contribution in [0.25, 0.3) is 0 Å². The first-order valence-electron chi connectivity index (χ1n) is 10.6. The maximum Gasteiger partial charge on any atom is 0.261 e. The Labute approximate surface area is 180 Å². The molecular formula is C25H34N2O3. The summed E-state index contributed by atoms with van der Waals surface area (Å²) in [5, 5.41) is 2.86. The lowest BCUT2D eigenvalue weighted by Gasteiger charge is -2.31. The third-order valence-corrected chi connectivity index (χ3v) is 5.45. The Morgan fingerprint density at radius 3 is 2.37 bits per heavy atom. The van der Waals surface area contributed by atoms with Crippen LogP contribution < -0.4 is 10.1 Å². The van der Waals surface area contributed by atoms with Gasteiger partial charge in [0.2, 0.25) is 5.91 Å². The fraction of sp³-hybridized carbons (Fsp3) is 0.440. The van der Waals surface area contributed by atoms with Crippen molar-refractivity contribution in [2.24, 2.45) is 0 Å². The first-order valence-corrected chi connectivity index (χ1v) is 10.6. The second-order valence-corrected chi connectivity index (χ2v) is 7.76. The van der Waals surface area contributed by atoms with E-state index in [2.05, 4.69) is 11.4 Å². The van der Waals surface area contributed by atoms with Gasteiger partial charge in [0.25, 0.3) is 5.91 Å². The highest BCUT2D eigenvalue weighted by Gasteiger charge is 2.29. The van der Waals surface area contributed by atoms with Crippen molar-refractivity contribution in [3.05, 3.63) is 64.2 Å². The SMILES string of the molecule is CCNC(=O)[C@@H](CC)N(Cc1ccccc1C)C(=O)COc1cc(C)cc(C)c1C. The van der Waals surface area contributed by atoms with E-state index in [9.17, 15) is 9.59 Å². The summed E-state index contributed by atoms with van der Waals surface area (Å²) in [6, 6.07) is 11.4. The van der Waals surface area contributed by atoms with Crippen LogP contribution in [0.4, 0.5) is 0 Å². The van der Waals surface area contributed by atoms with Crippen LogP contribution in [-0.2, 0) is 16.1 Å². The zero-order valence-corrected chi connectivity index (χ0v) is 19.0. The van der Waals surface area contributed by atoms with Crippen LogP contribution in [0.5, 0.6) is 5.75 Å². The standard InChI is InChI=1S/C25H34N2O3/c1-7-22(25(29)26-8-2)27(15-21-12-10-9-11-18(21)4)24(28)16-30-23-14-17(3)13-19(5)20(23)6/h9-14,22H,7-8,15-16H2,1-6H3,(H,26,29)/t22-/m1/s1. The second kappa shape index (κ2) is 10.8. The monoisotopic (exact) mass is 410 g/mol. The topological polar surface area (TPSA) is 58.6 Å². The summed E-state index contributed by atoms with van der Waals surface area (Å²) in [6.07, 6.45) is 0.534. The van der Waals surface area contributed by atoms with E-state index in [4.69, 9.17) is 4.74 Å². The number of likely N-dealkylation sites (N-methyl/N-ethyl adjacent to an activating group) is 1. The van der Waals surface area contributed by atoms with Gasteiger partial charge in [0, 0.05) is 13.1 Å². The summed E-state index contributed by atoms with van der Waals surface area (Å²) in [4.78, 5) is 27.6. The van der Waals surface area contributed by atoms with Crippen molar-refractivity contribution in [1.82, 2.24) is 10.2 Å². The van der Waals surface area contributed by atoms with Crippen LogP contribution in [0.2, 0.25) is 0 Å². The average Bonchev–Trinajstić information content (AvgIpc) is 2.70. The minimum absolute atomic E-state index is 0.106. The second-order valence-electron chi connectivity index (χ2n) is 7.76. The number of nitrogens with one attached hydrogen (secondary N) is 1. The number of hydrogen-bond donors (Lipinski definition) is 1. The number of ether oxygens (including phenoxy) is 1. The molecule has 1 atom stereocenters. The van der Waals surface area contributed by atoms with Gasteiger partial charge in [-0.2, -0.15) is 0 Å². The molecule has 0 saturated carbocycles. The van der Waals surface area contributed by atoms with Gasteiger partial charge in [0.1, 0.15) is 11.8 Å². The van der Waals surface area contributed by atoms with Crippen LogP contribution in [0.15, 0.2) is 36.4 Å². The fourth-order valence-corrected chi connectivity index (χ4v) is 3.56. The lowest BCUT2D eigenvalue weighted by Crippen LogP contribution is -2.50. The number of aryl methyl sites for hydroxylation is 3. The Balaban J connectivity index is 2.27. The first kappa shape index (κ1) is 23.5. The molecule has 0 spiro atoms. The molecule has 0 bridgehead atoms. The molecule has 162 valence electrons. The summed E-state index contributed by atoms with van der Waals surface area (Å²) < 4.78 is 5.92. The number of amides is 2. The Kier molecular flexibility index (Phi) is 8.46. The summed E-state index contributed by atoms with van der Waals surface area (Å²) in [5.41, 5.74) is 5.35. The van der Waals surface area contributed by atoms with Crippen LogP contribution >= 0.6 is 0 Å². The van der Waals surface area contributed by atoms with Crippen LogP contribution in [0, 0.1) is 27.7 Å². The largest absolute Gasteiger partial charge is 0.483 e. The van der Waals surface area contributed by atoms with Gasteiger partial charge in [0.05, 0.1) is 0 Å². The highest BCUT2D eigenvalue weighted by molar-refractivity contribution is 5.88. The van der Waals surface area contributed by atoms with Crippen LogP contribution in [0.1, 0.15) is 48.1 Å². The number of rotatable bonds is 9. The zero-order chi connectivity index (χ0) is 22.3. The molecule has 2 aromatic rings. The van der Waals surface area contributed by atoms with Gasteiger partial charge >= 0.3 is 0 Å². The molecule has 2 amide bonds. The summed E-state index contributed by atoms with van der Waals surface area (Å²) >= 11 is 0. The summed E-state index contributed by atoms with van der Waals surface area (Å²) in [6.45, 7) is 12.6. The van der Waals surface area contributed by atoms with Crippen molar-refractivity contribution in [2.45, 2.75) is 60.5 Å². The van der Waals surface area contributed by atoms with E-state index < -0.39 is 6.04 Å². The molecule has 5 heteroatoms. The molecule has 0 aliphatic heterocycles. The maximum atomic E-state index is 13.2. The van der Waals surface area contributed by atoms with E-state index in [0.29, 0.717) is 25.3 Å². The first-order chi connectivity index (χ1) is 14.3. The molecule has 0 heterocycles. The highest BCUT2D eigenvalue weighted by Crippen LogP contribution is 2.24. The molecular weight excluding hydrogens is 376 g/mol. The average molecular weight is 411 g/mol. The van der Waals surface area contributed by atoms with Gasteiger partial charge in [-0.05, 0) is 74.9 Å². The molecule has 0 aromatic heterocycles. The summed E-state index contributed by atoms with van der Waals surface area (Å²) in [5.74, 6) is 0.377. The predicted molar refractivity (Wildman–Crippen MR) is 121 cm³/mol. The molecule has 0 fully saturated rings. The molecule has 1 N–H and O–H groups in total. The zero-order valence-electron chi connectivity index (χ0n) is 19.0. The van der Waals surface area contributed by atoms with E-state index in [0.717, 1.165) is 27.8 Å². The van der Waals surface area contributed by atoms with Gasteiger partial charge in [-0.3, -0.25) is 9.59 Å². The maximum absolute atomic E-state index is 13.2. The van der Waals surface area contributed by atoms with Crippen molar-refractivity contribution in [1.29, 1.82) is 0 Å². The van der Waals surface area contributed by atoms with Gasteiger partial charge in [-0.25, -0.2) is 0 Å².